The number of methoxy groups -OCH3 is 1. The van der Waals surface area contributed by atoms with Gasteiger partial charge >= 0.3 is 6.03 Å². The van der Waals surface area contributed by atoms with Crippen LogP contribution in [-0.4, -0.2) is 83.6 Å². The summed E-state index contributed by atoms with van der Waals surface area (Å²) in [5.74, 6) is 0.709. The van der Waals surface area contributed by atoms with E-state index in [9.17, 15) is 15.0 Å². The van der Waals surface area contributed by atoms with Gasteiger partial charge in [0.15, 0.2) is 0 Å². The van der Waals surface area contributed by atoms with Crippen LogP contribution in [0.5, 0.6) is 5.75 Å². The highest BCUT2D eigenvalue weighted by atomic mass is 79.9. The lowest BCUT2D eigenvalue weighted by molar-refractivity contribution is -0.0862. The van der Waals surface area contributed by atoms with Crippen molar-refractivity contribution in [3.63, 3.8) is 0 Å². The number of nitrogens with one attached hydrogen (secondary N) is 1. The van der Waals surface area contributed by atoms with Gasteiger partial charge in [-0.2, -0.15) is 0 Å². The van der Waals surface area contributed by atoms with Crippen LogP contribution in [0.15, 0.2) is 59.1 Å². The Morgan fingerprint density at radius 1 is 1.09 bits per heavy atom. The van der Waals surface area contributed by atoms with Crippen molar-refractivity contribution in [1.29, 1.82) is 0 Å². The molecule has 2 aliphatic heterocycles. The van der Waals surface area contributed by atoms with E-state index in [2.05, 4.69) is 26.1 Å². The van der Waals surface area contributed by atoms with Crippen LogP contribution in [0.4, 0.5) is 10.5 Å². The van der Waals surface area contributed by atoms with Crippen molar-refractivity contribution in [1.82, 2.24) is 9.80 Å². The molecule has 8 nitrogen and oxygen atoms in total. The number of nitrogens with zero attached hydrogens (tertiary/aromatic N) is 2. The van der Waals surface area contributed by atoms with Gasteiger partial charge < -0.3 is 30.9 Å². The first kappa shape index (κ1) is 24.5. The number of β-amino-alcohol motifs (C(OH)–C–C–N with tert-alkyl or cyclic N) is 1. The Morgan fingerprint density at radius 2 is 1.75 bits per heavy atom. The van der Waals surface area contributed by atoms with E-state index >= 15 is 0 Å². The molecule has 174 valence electrons. The molecule has 0 aromatic heterocycles. The minimum atomic E-state index is -0.985. The van der Waals surface area contributed by atoms with Crippen LogP contribution in [0.1, 0.15) is 6.42 Å². The normalized spacial score (nSPS) is 25.2. The van der Waals surface area contributed by atoms with Crippen LogP contribution >= 0.6 is 15.9 Å². The number of fused-ring (bicyclic) bond motifs is 1. The van der Waals surface area contributed by atoms with Gasteiger partial charge in [0, 0.05) is 41.9 Å². The first-order valence-corrected chi connectivity index (χ1v) is 11.4. The predicted octanol–water partition coefficient (Wildman–Crippen LogP) is 2.12. The molecule has 2 heterocycles. The summed E-state index contributed by atoms with van der Waals surface area (Å²) in [4.78, 5) is 16.3. The molecule has 0 aliphatic carbocycles. The maximum Gasteiger partial charge on any atom is 0.321 e. The van der Waals surface area contributed by atoms with E-state index in [0.717, 1.165) is 10.9 Å². The molecule has 4 atom stereocenters. The van der Waals surface area contributed by atoms with Gasteiger partial charge in [0.05, 0.1) is 25.9 Å². The van der Waals surface area contributed by atoms with E-state index in [1.165, 1.54) is 0 Å². The first-order valence-electron chi connectivity index (χ1n) is 10.6. The van der Waals surface area contributed by atoms with Gasteiger partial charge in [-0.05, 0) is 42.8 Å². The Hall–Kier alpha value is -2.17. The Kier molecular flexibility index (Phi) is 8.89. The molecule has 0 spiro atoms. The molecule has 0 saturated carbocycles. The molecule has 2 amide bonds. The molecular formula is C23H31BrN4O4. The van der Waals surface area contributed by atoms with Gasteiger partial charge in [0.2, 0.25) is 0 Å². The number of halogens is 1. The van der Waals surface area contributed by atoms with Gasteiger partial charge in [-0.15, -0.1) is 0 Å². The number of aliphatic hydroxyl groups is 2. The summed E-state index contributed by atoms with van der Waals surface area (Å²) < 4.78 is 6.24. The Labute approximate surface area is 197 Å². The molecule has 2 unspecified atom stereocenters. The molecule has 32 heavy (non-hydrogen) atoms. The number of hydrogen-bond donors (Lipinski definition) is 4. The molecule has 0 radical (unpaired) electrons. The van der Waals surface area contributed by atoms with Gasteiger partial charge in [-0.1, -0.05) is 34.1 Å². The Balaban J connectivity index is 0.000000352. The summed E-state index contributed by atoms with van der Waals surface area (Å²) in [5, 5.41) is 23.2. The topological polar surface area (TPSA) is 111 Å². The molecule has 9 heteroatoms. The molecule has 4 rings (SSSR count). The zero-order chi connectivity index (χ0) is 23.1. The van der Waals surface area contributed by atoms with E-state index in [1.54, 1.807) is 36.3 Å². The first-order chi connectivity index (χ1) is 15.4. The number of aliphatic hydroxyl groups excluding tert-OH is 2. The van der Waals surface area contributed by atoms with Crippen molar-refractivity contribution < 1.29 is 19.7 Å². The van der Waals surface area contributed by atoms with Gasteiger partial charge in [-0.25, -0.2) is 4.79 Å². The fraction of sp³-hybridized carbons (Fsp3) is 0.435. The summed E-state index contributed by atoms with van der Waals surface area (Å²) in [7, 11) is 1.58. The van der Waals surface area contributed by atoms with Crippen molar-refractivity contribution in [3.05, 3.63) is 59.1 Å². The molecular weight excluding hydrogens is 476 g/mol. The predicted molar refractivity (Wildman–Crippen MR) is 128 cm³/mol. The largest absolute Gasteiger partial charge is 0.497 e. The fourth-order valence-corrected chi connectivity index (χ4v) is 4.23. The van der Waals surface area contributed by atoms with Gasteiger partial charge in [-0.3, -0.25) is 4.90 Å². The third-order valence-electron chi connectivity index (χ3n) is 5.80. The molecule has 5 N–H and O–H groups in total. The highest BCUT2D eigenvalue weighted by molar-refractivity contribution is 9.10. The van der Waals surface area contributed by atoms with Crippen molar-refractivity contribution in [2.75, 3.05) is 38.6 Å². The Bertz CT molecular complexity index is 855. The molecule has 0 bridgehead atoms. The van der Waals surface area contributed by atoms with Gasteiger partial charge in [0.1, 0.15) is 5.75 Å². The summed E-state index contributed by atoms with van der Waals surface area (Å²) in [6, 6.07) is 17.1. The fourth-order valence-electron chi connectivity index (χ4n) is 3.93. The summed E-state index contributed by atoms with van der Waals surface area (Å²) in [5.41, 5.74) is 6.39. The maximum absolute atomic E-state index is 12.6. The molecule has 2 saturated heterocycles. The number of rotatable bonds is 3. The smallest absolute Gasteiger partial charge is 0.321 e. The highest BCUT2D eigenvalue weighted by Crippen LogP contribution is 2.28. The monoisotopic (exact) mass is 506 g/mol. The lowest BCUT2D eigenvalue weighted by atomic mass is 9.90. The number of carbonyl (C=O) groups excluding carboxylic acids is 1. The minimum absolute atomic E-state index is 0.0980. The molecule has 2 fully saturated rings. The zero-order valence-corrected chi connectivity index (χ0v) is 19.7. The third-order valence-corrected chi connectivity index (χ3v) is 6.33. The van der Waals surface area contributed by atoms with E-state index < -0.39 is 12.2 Å². The van der Waals surface area contributed by atoms with Crippen LogP contribution < -0.4 is 15.8 Å². The number of nitrogens with two attached hydrogens (primary N) is 1. The number of urea groups is 1. The highest BCUT2D eigenvalue weighted by Gasteiger charge is 2.43. The van der Waals surface area contributed by atoms with Crippen LogP contribution in [-0.2, 0) is 0 Å². The van der Waals surface area contributed by atoms with Crippen LogP contribution in [0, 0.1) is 0 Å². The number of carbonyl (C=O) groups is 1. The van der Waals surface area contributed by atoms with E-state index in [1.807, 2.05) is 30.3 Å². The van der Waals surface area contributed by atoms with Gasteiger partial charge in [0.25, 0.3) is 0 Å². The van der Waals surface area contributed by atoms with E-state index in [-0.39, 0.29) is 24.7 Å². The van der Waals surface area contributed by atoms with Crippen molar-refractivity contribution in [2.45, 2.75) is 30.7 Å². The van der Waals surface area contributed by atoms with Crippen molar-refractivity contribution in [2.24, 2.45) is 5.73 Å². The Morgan fingerprint density at radius 3 is 2.31 bits per heavy atom. The van der Waals surface area contributed by atoms with Crippen LogP contribution in [0.2, 0.25) is 0 Å². The average Bonchev–Trinajstić information content (AvgIpc) is 2.79. The van der Waals surface area contributed by atoms with Crippen molar-refractivity contribution in [3.8, 4) is 5.75 Å². The van der Waals surface area contributed by atoms with Crippen LogP contribution in [0.3, 0.4) is 0 Å². The third kappa shape index (κ3) is 6.43. The molecule has 2 aromatic carbocycles. The number of benzene rings is 2. The second kappa shape index (κ2) is 11.6. The van der Waals surface area contributed by atoms with E-state index in [0.29, 0.717) is 31.1 Å². The number of amides is 2. The second-order valence-corrected chi connectivity index (χ2v) is 8.89. The SMILES string of the molecule is Brc1ccccc1.COc1ccc(NC(=O)N2CC(O)C(O)CN3[C@H](CN)C[C@@H]3C2)cc1. The number of ether oxygens (including phenoxy) is 1. The summed E-state index contributed by atoms with van der Waals surface area (Å²) in [6.45, 7) is 1.50. The standard InChI is InChI=1S/C17H26N4O4.C6H5Br/c1-25-14-4-2-11(3-5-14)19-17(24)20-8-13-6-12(7-18)21(13)10-16(23)15(22)9-20;7-6-4-2-1-3-5-6/h2-5,12-13,15-16,22-23H,6-10,18H2,1H3,(H,19,24);1-5H/t12-,13+,15?,16?;/m0./s1. The number of anilines is 1. The number of hydrogen-bond acceptors (Lipinski definition) is 6. The summed E-state index contributed by atoms with van der Waals surface area (Å²) in [6.07, 6.45) is -0.985. The quantitative estimate of drug-likeness (QED) is 0.507. The molecule has 2 aromatic rings. The van der Waals surface area contributed by atoms with E-state index in [4.69, 9.17) is 10.5 Å². The van der Waals surface area contributed by atoms with Crippen molar-refractivity contribution >= 4 is 27.6 Å². The molecule has 2 aliphatic rings. The lowest BCUT2D eigenvalue weighted by Crippen LogP contribution is -2.67. The zero-order valence-electron chi connectivity index (χ0n) is 18.1. The lowest BCUT2D eigenvalue weighted by Gasteiger charge is -2.52. The van der Waals surface area contributed by atoms with Crippen LogP contribution in [0.25, 0.3) is 0 Å². The average molecular weight is 507 g/mol. The second-order valence-electron chi connectivity index (χ2n) is 7.97. The maximum atomic E-state index is 12.6. The minimum Gasteiger partial charge on any atom is -0.497 e. The summed E-state index contributed by atoms with van der Waals surface area (Å²) >= 11 is 3.31.